The van der Waals surface area contributed by atoms with E-state index in [2.05, 4.69) is 10.6 Å². The Kier molecular flexibility index (Phi) is 5.87. The lowest BCUT2D eigenvalue weighted by Gasteiger charge is -2.28. The molecule has 2 N–H and O–H groups in total. The average molecular weight is 551 g/mol. The second-order valence-electron chi connectivity index (χ2n) is 9.88. The summed E-state index contributed by atoms with van der Waals surface area (Å²) in [7, 11) is 0. The third-order valence-electron chi connectivity index (χ3n) is 7.35. The van der Waals surface area contributed by atoms with Crippen molar-refractivity contribution in [2.24, 2.45) is 0 Å². The van der Waals surface area contributed by atoms with E-state index in [-0.39, 0.29) is 0 Å². The third kappa shape index (κ3) is 4.18. The topological polar surface area (TPSA) is 98.8 Å². The van der Waals surface area contributed by atoms with Crippen LogP contribution in [0, 0.1) is 0 Å². The number of para-hydroxylation sites is 2. The maximum Gasteiger partial charge on any atom is 0.259 e. The minimum atomic E-state index is -0.413. The number of carbonyl (C=O) groups is 4. The Balaban J connectivity index is 1.32. The Hall–Kier alpha value is -6.02. The van der Waals surface area contributed by atoms with Crippen molar-refractivity contribution in [1.29, 1.82) is 0 Å². The van der Waals surface area contributed by atoms with Crippen LogP contribution in [0.4, 0.5) is 34.1 Å². The molecule has 0 saturated heterocycles. The van der Waals surface area contributed by atoms with Crippen molar-refractivity contribution >= 4 is 57.8 Å². The van der Waals surface area contributed by atoms with Gasteiger partial charge in [-0.1, -0.05) is 36.4 Å². The molecule has 0 bridgehead atoms. The molecule has 0 spiro atoms. The summed E-state index contributed by atoms with van der Waals surface area (Å²) in [6, 6.07) is 37.8. The minimum absolute atomic E-state index is 0.337. The molecule has 7 rings (SSSR count). The maximum atomic E-state index is 12.4. The number of fused-ring (bicyclic) bond motifs is 2. The molecule has 0 radical (unpaired) electrons. The summed E-state index contributed by atoms with van der Waals surface area (Å²) < 4.78 is 0. The van der Waals surface area contributed by atoms with Gasteiger partial charge in [0, 0.05) is 34.1 Å². The van der Waals surface area contributed by atoms with Gasteiger partial charge >= 0.3 is 0 Å². The van der Waals surface area contributed by atoms with E-state index < -0.39 is 23.6 Å². The highest BCUT2D eigenvalue weighted by Gasteiger charge is 2.29. The zero-order valence-electron chi connectivity index (χ0n) is 22.1. The van der Waals surface area contributed by atoms with Gasteiger partial charge in [-0.05, 0) is 84.9 Å². The molecule has 0 unspecified atom stereocenters. The number of nitrogens with zero attached hydrogens (tertiary/aromatic N) is 2. The SMILES string of the molecule is O=C1NC(=O)c2cc(N(c3ccccc3)c3ccc(N(c4ccccc4)c4ccc5c(c4)C(=O)NC5=O)cc3)ccc21. The molecule has 8 heteroatoms. The molecule has 2 aliphatic rings. The molecule has 42 heavy (non-hydrogen) atoms. The maximum absolute atomic E-state index is 12.4. The molecular weight excluding hydrogens is 528 g/mol. The van der Waals surface area contributed by atoms with Crippen LogP contribution in [0.15, 0.2) is 121 Å². The predicted molar refractivity (Wildman–Crippen MR) is 159 cm³/mol. The number of anilines is 6. The number of hydrogen-bond donors (Lipinski definition) is 2. The van der Waals surface area contributed by atoms with Gasteiger partial charge in [-0.15, -0.1) is 0 Å². The highest BCUT2D eigenvalue weighted by atomic mass is 16.2. The van der Waals surface area contributed by atoms with Crippen LogP contribution in [0.25, 0.3) is 0 Å². The molecule has 0 aliphatic carbocycles. The Labute approximate surface area is 240 Å². The van der Waals surface area contributed by atoms with Crippen molar-refractivity contribution in [1.82, 2.24) is 10.6 Å². The van der Waals surface area contributed by atoms with Gasteiger partial charge in [-0.25, -0.2) is 0 Å². The minimum Gasteiger partial charge on any atom is -0.310 e. The zero-order valence-corrected chi connectivity index (χ0v) is 22.1. The summed E-state index contributed by atoms with van der Waals surface area (Å²) in [5.41, 5.74) is 6.27. The molecule has 5 aromatic rings. The van der Waals surface area contributed by atoms with E-state index in [9.17, 15) is 19.2 Å². The summed E-state index contributed by atoms with van der Waals surface area (Å²) in [5.74, 6) is -1.62. The number of benzene rings is 5. The van der Waals surface area contributed by atoms with Crippen LogP contribution in [0.1, 0.15) is 41.4 Å². The molecule has 5 aromatic carbocycles. The van der Waals surface area contributed by atoms with Gasteiger partial charge in [-0.2, -0.15) is 0 Å². The summed E-state index contributed by atoms with van der Waals surface area (Å²) in [4.78, 5) is 53.1. The highest BCUT2D eigenvalue weighted by molar-refractivity contribution is 6.22. The van der Waals surface area contributed by atoms with Crippen LogP contribution in [-0.4, -0.2) is 23.6 Å². The smallest absolute Gasteiger partial charge is 0.259 e. The first-order valence-electron chi connectivity index (χ1n) is 13.3. The van der Waals surface area contributed by atoms with Crippen molar-refractivity contribution in [2.75, 3.05) is 9.80 Å². The van der Waals surface area contributed by atoms with E-state index in [1.807, 2.05) is 107 Å². The number of carbonyl (C=O) groups excluding carboxylic acids is 4. The van der Waals surface area contributed by atoms with E-state index in [0.29, 0.717) is 22.3 Å². The normalized spacial score (nSPS) is 13.3. The van der Waals surface area contributed by atoms with Crippen molar-refractivity contribution in [3.8, 4) is 0 Å². The standard InChI is InChI=1S/C34H22N4O4/c39-31-27-17-15-25(19-29(27)33(41)35-31)37(21-7-3-1-4-8-21)23-11-13-24(14-12-23)38(22-9-5-2-6-10-22)26-16-18-28-30(20-26)34(42)36-32(28)40/h1-20H,(H,35,39,41)(H,36,40,42). The monoisotopic (exact) mass is 550 g/mol. The molecule has 0 saturated carbocycles. The molecular formula is C34H22N4O4. The van der Waals surface area contributed by atoms with Gasteiger partial charge in [0.15, 0.2) is 0 Å². The molecule has 4 amide bonds. The fourth-order valence-electron chi connectivity index (χ4n) is 5.39. The van der Waals surface area contributed by atoms with Gasteiger partial charge in [0.05, 0.1) is 22.3 Å². The van der Waals surface area contributed by atoms with Crippen LogP contribution in [0.5, 0.6) is 0 Å². The van der Waals surface area contributed by atoms with Crippen molar-refractivity contribution in [2.45, 2.75) is 0 Å². The predicted octanol–water partition coefficient (Wildman–Crippen LogP) is 6.39. The fourth-order valence-corrected chi connectivity index (χ4v) is 5.39. The Morgan fingerprint density at radius 1 is 0.333 bits per heavy atom. The second kappa shape index (κ2) is 9.87. The summed E-state index contributed by atoms with van der Waals surface area (Å²) in [6.45, 7) is 0. The van der Waals surface area contributed by atoms with E-state index in [1.54, 1.807) is 24.3 Å². The average Bonchev–Trinajstić information content (AvgIpc) is 3.47. The van der Waals surface area contributed by atoms with Gasteiger partial charge in [0.1, 0.15) is 0 Å². The summed E-state index contributed by atoms with van der Waals surface area (Å²) >= 11 is 0. The Morgan fingerprint density at radius 3 is 1.02 bits per heavy atom. The van der Waals surface area contributed by atoms with Crippen LogP contribution in [0.3, 0.4) is 0 Å². The van der Waals surface area contributed by atoms with Gasteiger partial charge in [0.25, 0.3) is 23.6 Å². The lowest BCUT2D eigenvalue weighted by atomic mass is 10.1. The molecule has 0 fully saturated rings. The largest absolute Gasteiger partial charge is 0.310 e. The Bertz CT molecular complexity index is 1760. The van der Waals surface area contributed by atoms with Gasteiger partial charge in [-0.3, -0.25) is 29.8 Å². The van der Waals surface area contributed by atoms with E-state index >= 15 is 0 Å². The number of hydrogen-bond acceptors (Lipinski definition) is 6. The first-order valence-corrected chi connectivity index (χ1v) is 13.3. The van der Waals surface area contributed by atoms with Crippen molar-refractivity contribution in [3.63, 3.8) is 0 Å². The first-order chi connectivity index (χ1) is 20.5. The third-order valence-corrected chi connectivity index (χ3v) is 7.35. The first kappa shape index (κ1) is 25.0. The molecule has 2 aliphatic heterocycles. The van der Waals surface area contributed by atoms with Crippen molar-refractivity contribution in [3.05, 3.63) is 144 Å². The number of nitrogens with one attached hydrogen (secondary N) is 2. The fraction of sp³-hybridized carbons (Fsp3) is 0. The van der Waals surface area contributed by atoms with Crippen LogP contribution in [0.2, 0.25) is 0 Å². The molecule has 8 nitrogen and oxygen atoms in total. The Morgan fingerprint density at radius 2 is 0.643 bits per heavy atom. The van der Waals surface area contributed by atoms with E-state index in [1.165, 1.54) is 0 Å². The zero-order chi connectivity index (χ0) is 28.8. The molecule has 202 valence electrons. The molecule has 0 atom stereocenters. The summed E-state index contributed by atoms with van der Waals surface area (Å²) in [6.07, 6.45) is 0. The van der Waals surface area contributed by atoms with E-state index in [0.717, 1.165) is 34.1 Å². The number of imide groups is 2. The van der Waals surface area contributed by atoms with Crippen LogP contribution in [-0.2, 0) is 0 Å². The molecule has 2 heterocycles. The second-order valence-corrected chi connectivity index (χ2v) is 9.88. The lowest BCUT2D eigenvalue weighted by molar-refractivity contribution is 0.0863. The van der Waals surface area contributed by atoms with E-state index in [4.69, 9.17) is 0 Å². The van der Waals surface area contributed by atoms with Gasteiger partial charge in [0.2, 0.25) is 0 Å². The highest BCUT2D eigenvalue weighted by Crippen LogP contribution is 2.40. The quantitative estimate of drug-likeness (QED) is 0.238. The van der Waals surface area contributed by atoms with Gasteiger partial charge < -0.3 is 9.80 Å². The number of amides is 4. The van der Waals surface area contributed by atoms with Crippen LogP contribution < -0.4 is 20.4 Å². The van der Waals surface area contributed by atoms with Crippen LogP contribution >= 0.6 is 0 Å². The van der Waals surface area contributed by atoms with Crippen molar-refractivity contribution < 1.29 is 19.2 Å². The lowest BCUT2D eigenvalue weighted by Crippen LogP contribution is -2.19. The summed E-state index contributed by atoms with van der Waals surface area (Å²) in [5, 5.41) is 4.71. The molecule has 0 aromatic heterocycles. The number of rotatable bonds is 6.